The monoisotopic (exact) mass is 411 g/mol. The summed E-state index contributed by atoms with van der Waals surface area (Å²) in [5.74, 6) is 0.936. The second-order valence-electron chi connectivity index (χ2n) is 4.94. The van der Waals surface area contributed by atoms with Gasteiger partial charge in [-0.15, -0.1) is 0 Å². The molecular weight excluding hydrogens is 394 g/mol. The van der Waals surface area contributed by atoms with Gasteiger partial charge in [-0.05, 0) is 55.3 Å². The van der Waals surface area contributed by atoms with Gasteiger partial charge in [-0.25, -0.2) is 0 Å². The van der Waals surface area contributed by atoms with E-state index in [9.17, 15) is 0 Å². The van der Waals surface area contributed by atoms with Gasteiger partial charge in [0.1, 0.15) is 5.75 Å². The van der Waals surface area contributed by atoms with E-state index in [0.717, 1.165) is 27.5 Å². The van der Waals surface area contributed by atoms with Crippen molar-refractivity contribution >= 4 is 31.9 Å². The first-order valence-corrected chi connectivity index (χ1v) is 8.45. The van der Waals surface area contributed by atoms with Crippen LogP contribution in [-0.2, 0) is 12.8 Å². The smallest absolute Gasteiger partial charge is 0.122 e. The molecule has 0 saturated carbocycles. The van der Waals surface area contributed by atoms with Crippen LogP contribution in [-0.4, -0.2) is 20.2 Å². The minimum Gasteiger partial charge on any atom is -0.496 e. The molecule has 112 valence electrons. The summed E-state index contributed by atoms with van der Waals surface area (Å²) < 4.78 is 7.70. The zero-order chi connectivity index (χ0) is 15.2. The van der Waals surface area contributed by atoms with Crippen molar-refractivity contribution in [3.05, 3.63) is 62.5 Å². The quantitative estimate of drug-likeness (QED) is 0.748. The molecule has 2 aromatic carbocycles. The van der Waals surface area contributed by atoms with Crippen molar-refractivity contribution in [2.45, 2.75) is 18.9 Å². The fourth-order valence-corrected chi connectivity index (χ4v) is 3.23. The standard InChI is InChI=1S/C17H19Br2NO/c1-20-15(10-12-5-3-4-6-16(12)19)11-13-9-14(18)7-8-17(13)21-2/h3-9,15,20H,10-11H2,1-2H3. The molecular formula is C17H19Br2NO. The molecule has 0 fully saturated rings. The van der Waals surface area contributed by atoms with Crippen LogP contribution in [0.5, 0.6) is 5.75 Å². The molecule has 1 N–H and O–H groups in total. The van der Waals surface area contributed by atoms with Crippen molar-refractivity contribution in [3.63, 3.8) is 0 Å². The van der Waals surface area contributed by atoms with E-state index < -0.39 is 0 Å². The predicted molar refractivity (Wildman–Crippen MR) is 95.1 cm³/mol. The van der Waals surface area contributed by atoms with E-state index in [1.165, 1.54) is 11.1 Å². The number of rotatable bonds is 6. The molecule has 0 spiro atoms. The van der Waals surface area contributed by atoms with Crippen molar-refractivity contribution < 1.29 is 4.74 Å². The summed E-state index contributed by atoms with van der Waals surface area (Å²) in [6, 6.07) is 14.9. The molecule has 1 unspecified atom stereocenters. The summed E-state index contributed by atoms with van der Waals surface area (Å²) in [4.78, 5) is 0. The Balaban J connectivity index is 2.16. The van der Waals surface area contributed by atoms with Crippen LogP contribution in [0.2, 0.25) is 0 Å². The number of benzene rings is 2. The highest BCUT2D eigenvalue weighted by Crippen LogP contribution is 2.25. The average Bonchev–Trinajstić information content (AvgIpc) is 2.49. The number of hydrogen-bond donors (Lipinski definition) is 1. The lowest BCUT2D eigenvalue weighted by molar-refractivity contribution is 0.405. The maximum atomic E-state index is 5.46. The van der Waals surface area contributed by atoms with Crippen molar-refractivity contribution in [2.24, 2.45) is 0 Å². The summed E-state index contributed by atoms with van der Waals surface area (Å²) in [6.07, 6.45) is 1.88. The molecule has 0 aliphatic heterocycles. The zero-order valence-electron chi connectivity index (χ0n) is 12.2. The molecule has 2 rings (SSSR count). The fourth-order valence-electron chi connectivity index (χ4n) is 2.38. The largest absolute Gasteiger partial charge is 0.496 e. The maximum absolute atomic E-state index is 5.46. The number of nitrogens with one attached hydrogen (secondary N) is 1. The Bertz CT molecular complexity index is 601. The molecule has 4 heteroatoms. The van der Waals surface area contributed by atoms with Crippen LogP contribution in [0.1, 0.15) is 11.1 Å². The van der Waals surface area contributed by atoms with Gasteiger partial charge in [0.05, 0.1) is 7.11 Å². The van der Waals surface area contributed by atoms with Gasteiger partial charge < -0.3 is 10.1 Å². The second kappa shape index (κ2) is 7.97. The van der Waals surface area contributed by atoms with Gasteiger partial charge >= 0.3 is 0 Å². The van der Waals surface area contributed by atoms with E-state index in [2.05, 4.69) is 61.4 Å². The Hall–Kier alpha value is -0.840. The molecule has 0 aromatic heterocycles. The van der Waals surface area contributed by atoms with Crippen molar-refractivity contribution in [3.8, 4) is 5.75 Å². The molecule has 0 bridgehead atoms. The summed E-state index contributed by atoms with van der Waals surface area (Å²) in [5, 5.41) is 3.41. The van der Waals surface area contributed by atoms with Gasteiger partial charge in [0, 0.05) is 15.0 Å². The minimum atomic E-state index is 0.354. The summed E-state index contributed by atoms with van der Waals surface area (Å²) in [5.41, 5.74) is 2.52. The molecule has 0 amide bonds. The Labute approximate surface area is 143 Å². The highest BCUT2D eigenvalue weighted by atomic mass is 79.9. The Morgan fingerprint density at radius 1 is 1.05 bits per heavy atom. The first kappa shape index (κ1) is 16.5. The van der Waals surface area contributed by atoms with E-state index in [1.54, 1.807) is 7.11 Å². The molecule has 2 nitrogen and oxygen atoms in total. The molecule has 21 heavy (non-hydrogen) atoms. The number of likely N-dealkylation sites (N-methyl/N-ethyl adjacent to an activating group) is 1. The molecule has 0 aliphatic carbocycles. The number of ether oxygens (including phenoxy) is 1. The number of methoxy groups -OCH3 is 1. The third-order valence-electron chi connectivity index (χ3n) is 3.54. The SMILES string of the molecule is CNC(Cc1ccccc1Br)Cc1cc(Br)ccc1OC. The van der Waals surface area contributed by atoms with Gasteiger partial charge in [-0.2, -0.15) is 0 Å². The fraction of sp³-hybridized carbons (Fsp3) is 0.294. The van der Waals surface area contributed by atoms with Crippen LogP contribution in [0.15, 0.2) is 51.4 Å². The van der Waals surface area contributed by atoms with Crippen LogP contribution in [0.4, 0.5) is 0 Å². The normalized spacial score (nSPS) is 12.2. The molecule has 2 aromatic rings. The van der Waals surface area contributed by atoms with Crippen LogP contribution >= 0.6 is 31.9 Å². The molecule has 0 heterocycles. The van der Waals surface area contributed by atoms with E-state index >= 15 is 0 Å². The van der Waals surface area contributed by atoms with Gasteiger partial charge in [0.25, 0.3) is 0 Å². The Morgan fingerprint density at radius 2 is 1.76 bits per heavy atom. The second-order valence-corrected chi connectivity index (χ2v) is 6.71. The van der Waals surface area contributed by atoms with E-state index in [1.807, 2.05) is 25.2 Å². The van der Waals surface area contributed by atoms with Gasteiger partial charge in [-0.1, -0.05) is 50.1 Å². The lowest BCUT2D eigenvalue weighted by Gasteiger charge is -2.19. The van der Waals surface area contributed by atoms with Crippen molar-refractivity contribution in [1.82, 2.24) is 5.32 Å². The van der Waals surface area contributed by atoms with E-state index in [-0.39, 0.29) is 0 Å². The highest BCUT2D eigenvalue weighted by molar-refractivity contribution is 9.10. The zero-order valence-corrected chi connectivity index (χ0v) is 15.4. The molecule has 0 aliphatic rings. The van der Waals surface area contributed by atoms with Crippen molar-refractivity contribution in [2.75, 3.05) is 14.2 Å². The molecule has 0 radical (unpaired) electrons. The van der Waals surface area contributed by atoms with Gasteiger partial charge in [-0.3, -0.25) is 0 Å². The van der Waals surface area contributed by atoms with Gasteiger partial charge in [0.15, 0.2) is 0 Å². The van der Waals surface area contributed by atoms with Gasteiger partial charge in [0.2, 0.25) is 0 Å². The third-order valence-corrected chi connectivity index (χ3v) is 4.81. The molecule has 1 atom stereocenters. The molecule has 0 saturated heterocycles. The van der Waals surface area contributed by atoms with Crippen molar-refractivity contribution in [1.29, 1.82) is 0 Å². The third kappa shape index (κ3) is 4.56. The van der Waals surface area contributed by atoms with Crippen LogP contribution in [0, 0.1) is 0 Å². The van der Waals surface area contributed by atoms with E-state index in [0.29, 0.717) is 6.04 Å². The van der Waals surface area contributed by atoms with E-state index in [4.69, 9.17) is 4.74 Å². The lowest BCUT2D eigenvalue weighted by Crippen LogP contribution is -2.30. The minimum absolute atomic E-state index is 0.354. The Morgan fingerprint density at radius 3 is 2.43 bits per heavy atom. The Kier molecular flexibility index (Phi) is 6.27. The lowest BCUT2D eigenvalue weighted by atomic mass is 9.98. The van der Waals surface area contributed by atoms with Crippen LogP contribution < -0.4 is 10.1 Å². The first-order chi connectivity index (χ1) is 10.1. The summed E-state index contributed by atoms with van der Waals surface area (Å²) >= 11 is 7.15. The summed E-state index contributed by atoms with van der Waals surface area (Å²) in [6.45, 7) is 0. The van der Waals surface area contributed by atoms with Crippen LogP contribution in [0.25, 0.3) is 0 Å². The number of hydrogen-bond acceptors (Lipinski definition) is 2. The average molecular weight is 413 g/mol. The number of halogens is 2. The van der Waals surface area contributed by atoms with Crippen LogP contribution in [0.3, 0.4) is 0 Å². The topological polar surface area (TPSA) is 21.3 Å². The summed E-state index contributed by atoms with van der Waals surface area (Å²) in [7, 11) is 3.72. The maximum Gasteiger partial charge on any atom is 0.122 e. The first-order valence-electron chi connectivity index (χ1n) is 6.87. The highest BCUT2D eigenvalue weighted by Gasteiger charge is 2.13. The predicted octanol–water partition coefficient (Wildman–Crippen LogP) is 4.59.